The number of benzene rings is 3. The summed E-state index contributed by atoms with van der Waals surface area (Å²) in [7, 11) is 0. The summed E-state index contributed by atoms with van der Waals surface area (Å²) in [5, 5.41) is 3.69. The molecule has 23 heavy (non-hydrogen) atoms. The van der Waals surface area contributed by atoms with E-state index in [0.717, 1.165) is 6.42 Å². The van der Waals surface area contributed by atoms with Crippen LogP contribution in [0, 0.1) is 13.8 Å². The van der Waals surface area contributed by atoms with Crippen LogP contribution in [0.2, 0.25) is 0 Å². The molecule has 0 aliphatic carbocycles. The lowest BCUT2D eigenvalue weighted by atomic mass is 9.97. The molecular weight excluding hydrogens is 278 g/mol. The van der Waals surface area contributed by atoms with Gasteiger partial charge in [0.25, 0.3) is 0 Å². The van der Waals surface area contributed by atoms with Crippen molar-refractivity contribution < 1.29 is 0 Å². The van der Waals surface area contributed by atoms with Crippen LogP contribution in [0.15, 0.2) is 66.7 Å². The second kappa shape index (κ2) is 5.58. The maximum absolute atomic E-state index is 3.69. The van der Waals surface area contributed by atoms with Gasteiger partial charge in [-0.05, 0) is 59.7 Å². The molecule has 1 nitrogen and oxygen atoms in total. The number of nitrogens with one attached hydrogen (secondary N) is 1. The minimum atomic E-state index is 0.385. The van der Waals surface area contributed by atoms with Crippen molar-refractivity contribution in [3.05, 3.63) is 89.0 Å². The van der Waals surface area contributed by atoms with Crippen LogP contribution < -0.4 is 5.32 Å². The van der Waals surface area contributed by atoms with Gasteiger partial charge in [-0.3, -0.25) is 0 Å². The number of aryl methyl sites for hydroxylation is 2. The van der Waals surface area contributed by atoms with Gasteiger partial charge in [-0.15, -0.1) is 0 Å². The van der Waals surface area contributed by atoms with Gasteiger partial charge in [0.2, 0.25) is 0 Å². The van der Waals surface area contributed by atoms with Crippen molar-refractivity contribution in [2.45, 2.75) is 26.3 Å². The Labute approximate surface area is 138 Å². The fourth-order valence-electron chi connectivity index (χ4n) is 3.58. The predicted octanol–water partition coefficient (Wildman–Crippen LogP) is 5.68. The van der Waals surface area contributed by atoms with Gasteiger partial charge in [0, 0.05) is 5.69 Å². The Bertz CT molecular complexity index is 832. The molecule has 1 aliphatic rings. The number of hydrogen-bond acceptors (Lipinski definition) is 1. The number of anilines is 1. The van der Waals surface area contributed by atoms with Gasteiger partial charge in [0.15, 0.2) is 0 Å². The molecule has 0 spiro atoms. The van der Waals surface area contributed by atoms with E-state index in [1.807, 2.05) is 0 Å². The summed E-state index contributed by atoms with van der Waals surface area (Å²) in [4.78, 5) is 0. The summed E-state index contributed by atoms with van der Waals surface area (Å²) in [5.74, 6) is 0. The fraction of sp³-hybridized carbons (Fsp3) is 0.182. The molecule has 0 saturated carbocycles. The highest BCUT2D eigenvalue weighted by atomic mass is 14.9. The second-order valence-electron chi connectivity index (χ2n) is 6.50. The van der Waals surface area contributed by atoms with E-state index in [4.69, 9.17) is 0 Å². The summed E-state index contributed by atoms with van der Waals surface area (Å²) in [6.07, 6.45) is 1.08. The first-order valence-electron chi connectivity index (χ1n) is 8.23. The zero-order valence-electron chi connectivity index (χ0n) is 13.6. The first-order valence-corrected chi connectivity index (χ1v) is 8.23. The quantitative estimate of drug-likeness (QED) is 0.642. The first kappa shape index (κ1) is 14.1. The molecule has 1 unspecified atom stereocenters. The molecule has 0 amide bonds. The lowest BCUT2D eigenvalue weighted by Gasteiger charge is -2.12. The van der Waals surface area contributed by atoms with Crippen LogP contribution in [-0.2, 0) is 6.42 Å². The lowest BCUT2D eigenvalue weighted by Crippen LogP contribution is -2.05. The lowest BCUT2D eigenvalue weighted by molar-refractivity contribution is 0.821. The third-order valence-electron chi connectivity index (χ3n) is 4.78. The van der Waals surface area contributed by atoms with E-state index in [2.05, 4.69) is 85.9 Å². The molecule has 3 aromatic carbocycles. The van der Waals surface area contributed by atoms with Crippen molar-refractivity contribution in [2.24, 2.45) is 0 Å². The van der Waals surface area contributed by atoms with Gasteiger partial charge in [-0.2, -0.15) is 0 Å². The molecular formula is C22H21N. The largest absolute Gasteiger partial charge is 0.378 e. The van der Waals surface area contributed by atoms with Crippen LogP contribution in [0.5, 0.6) is 0 Å². The normalized spacial score (nSPS) is 16.0. The smallest absolute Gasteiger partial charge is 0.0555 e. The van der Waals surface area contributed by atoms with Gasteiger partial charge in [-0.1, -0.05) is 60.7 Å². The Balaban J connectivity index is 1.60. The number of rotatable bonds is 2. The average Bonchev–Trinajstić information content (AvgIpc) is 3.00. The minimum absolute atomic E-state index is 0.385. The molecule has 0 fully saturated rings. The maximum atomic E-state index is 3.69. The Morgan fingerprint density at radius 2 is 1.52 bits per heavy atom. The third-order valence-corrected chi connectivity index (χ3v) is 4.78. The van der Waals surface area contributed by atoms with E-state index >= 15 is 0 Å². The first-order chi connectivity index (χ1) is 11.2. The molecule has 4 rings (SSSR count). The van der Waals surface area contributed by atoms with E-state index in [1.54, 1.807) is 0 Å². The van der Waals surface area contributed by atoms with Crippen LogP contribution >= 0.6 is 0 Å². The second-order valence-corrected chi connectivity index (χ2v) is 6.50. The number of fused-ring (bicyclic) bond motifs is 1. The van der Waals surface area contributed by atoms with Gasteiger partial charge in [0.05, 0.1) is 6.04 Å². The van der Waals surface area contributed by atoms with Gasteiger partial charge >= 0.3 is 0 Å². The summed E-state index contributed by atoms with van der Waals surface area (Å²) in [6, 6.07) is 24.4. The monoisotopic (exact) mass is 299 g/mol. The summed E-state index contributed by atoms with van der Waals surface area (Å²) in [5.41, 5.74) is 9.40. The van der Waals surface area contributed by atoms with E-state index in [1.165, 1.54) is 39.1 Å². The van der Waals surface area contributed by atoms with Gasteiger partial charge in [-0.25, -0.2) is 0 Å². The Morgan fingerprint density at radius 3 is 2.26 bits per heavy atom. The molecule has 0 radical (unpaired) electrons. The average molecular weight is 299 g/mol. The van der Waals surface area contributed by atoms with Crippen LogP contribution in [-0.4, -0.2) is 0 Å². The Hall–Kier alpha value is -2.54. The van der Waals surface area contributed by atoms with Gasteiger partial charge < -0.3 is 5.32 Å². The van der Waals surface area contributed by atoms with E-state index in [-0.39, 0.29) is 0 Å². The summed E-state index contributed by atoms with van der Waals surface area (Å²) in [6.45, 7) is 4.38. The van der Waals surface area contributed by atoms with Crippen molar-refractivity contribution in [2.75, 3.05) is 5.32 Å². The van der Waals surface area contributed by atoms with E-state index in [9.17, 15) is 0 Å². The summed E-state index contributed by atoms with van der Waals surface area (Å²) < 4.78 is 0. The van der Waals surface area contributed by atoms with Crippen LogP contribution in [0.4, 0.5) is 5.69 Å². The zero-order chi connectivity index (χ0) is 15.8. The van der Waals surface area contributed by atoms with Crippen molar-refractivity contribution in [1.82, 2.24) is 0 Å². The van der Waals surface area contributed by atoms with Crippen LogP contribution in [0.25, 0.3) is 11.1 Å². The summed E-state index contributed by atoms with van der Waals surface area (Å²) >= 11 is 0. The Morgan fingerprint density at radius 1 is 0.826 bits per heavy atom. The molecule has 0 saturated heterocycles. The van der Waals surface area contributed by atoms with Crippen molar-refractivity contribution in [3.63, 3.8) is 0 Å². The van der Waals surface area contributed by atoms with Crippen LogP contribution in [0.1, 0.15) is 28.3 Å². The standard InChI is InChI=1S/C22H21N/c1-15-12-16(2)20-14-21(23-22(20)13-15)19-10-8-18(9-11-19)17-6-4-3-5-7-17/h3-13,21,23H,14H2,1-2H3. The molecule has 114 valence electrons. The molecule has 1 N–H and O–H groups in total. The van der Waals surface area contributed by atoms with E-state index < -0.39 is 0 Å². The zero-order valence-corrected chi connectivity index (χ0v) is 13.6. The van der Waals surface area contributed by atoms with E-state index in [0.29, 0.717) is 6.04 Å². The predicted molar refractivity (Wildman–Crippen MR) is 97.9 cm³/mol. The molecule has 1 aliphatic heterocycles. The third kappa shape index (κ3) is 2.63. The minimum Gasteiger partial charge on any atom is -0.378 e. The highest BCUT2D eigenvalue weighted by Gasteiger charge is 2.23. The fourth-order valence-corrected chi connectivity index (χ4v) is 3.58. The van der Waals surface area contributed by atoms with Gasteiger partial charge in [0.1, 0.15) is 0 Å². The molecule has 1 atom stereocenters. The van der Waals surface area contributed by atoms with Crippen molar-refractivity contribution in [1.29, 1.82) is 0 Å². The Kier molecular flexibility index (Phi) is 3.42. The molecule has 1 heteroatoms. The maximum Gasteiger partial charge on any atom is 0.0555 e. The van der Waals surface area contributed by atoms with Crippen LogP contribution in [0.3, 0.4) is 0 Å². The molecule has 1 heterocycles. The molecule has 3 aromatic rings. The van der Waals surface area contributed by atoms with Crippen molar-refractivity contribution >= 4 is 5.69 Å². The highest BCUT2D eigenvalue weighted by Crippen LogP contribution is 2.37. The topological polar surface area (TPSA) is 12.0 Å². The molecule has 0 aromatic heterocycles. The molecule has 0 bridgehead atoms. The number of hydrogen-bond donors (Lipinski definition) is 1. The van der Waals surface area contributed by atoms with Crippen molar-refractivity contribution in [3.8, 4) is 11.1 Å². The SMILES string of the molecule is Cc1cc(C)c2c(c1)NC(c1ccc(-c3ccccc3)cc1)C2. The highest BCUT2D eigenvalue weighted by molar-refractivity contribution is 5.65.